The van der Waals surface area contributed by atoms with Crippen LogP contribution in [-0.4, -0.2) is 29.0 Å². The van der Waals surface area contributed by atoms with E-state index in [0.29, 0.717) is 23.6 Å². The summed E-state index contributed by atoms with van der Waals surface area (Å²) in [4.78, 5) is 13.6. The first-order valence-corrected chi connectivity index (χ1v) is 8.39. The van der Waals surface area contributed by atoms with Crippen molar-refractivity contribution in [2.45, 2.75) is 6.04 Å². The molecule has 4 rings (SSSR count). The minimum Gasteiger partial charge on any atom is -0.454 e. The van der Waals surface area contributed by atoms with Crippen LogP contribution in [0.15, 0.2) is 54.2 Å². The zero-order chi connectivity index (χ0) is 16.4. The lowest BCUT2D eigenvalue weighted by Crippen LogP contribution is -2.31. The van der Waals surface area contributed by atoms with Gasteiger partial charge in [0, 0.05) is 29.4 Å². The summed E-state index contributed by atoms with van der Waals surface area (Å²) in [5.74, 6) is 1.12. The Bertz CT molecular complexity index is 797. The highest BCUT2D eigenvalue weighted by Gasteiger charge is 2.19. The van der Waals surface area contributed by atoms with Crippen molar-refractivity contribution in [3.63, 3.8) is 0 Å². The van der Waals surface area contributed by atoms with Gasteiger partial charge in [0.05, 0.1) is 0 Å². The van der Waals surface area contributed by atoms with E-state index in [0.717, 1.165) is 4.88 Å². The van der Waals surface area contributed by atoms with Crippen LogP contribution in [0.3, 0.4) is 0 Å². The second-order valence-corrected chi connectivity index (χ2v) is 6.27. The fraction of sp³-hybridized carbons (Fsp3) is 0.176. The van der Waals surface area contributed by atoms with Crippen LogP contribution >= 0.6 is 11.3 Å². The third kappa shape index (κ3) is 2.85. The Labute approximate surface area is 142 Å². The van der Waals surface area contributed by atoms with Crippen LogP contribution in [0.2, 0.25) is 0 Å². The average Bonchev–Trinajstić information content (AvgIpc) is 3.36. The van der Waals surface area contributed by atoms with Gasteiger partial charge in [0.1, 0.15) is 6.04 Å². The Hall–Kier alpha value is -2.80. The number of ether oxygens (including phenoxy) is 2. The van der Waals surface area contributed by atoms with Gasteiger partial charge in [-0.05, 0) is 35.7 Å². The highest BCUT2D eigenvalue weighted by Crippen LogP contribution is 2.32. The predicted molar refractivity (Wildman–Crippen MR) is 89.6 cm³/mol. The number of nitrogens with one attached hydrogen (secondary N) is 1. The molecule has 0 saturated heterocycles. The van der Waals surface area contributed by atoms with Gasteiger partial charge in [-0.3, -0.25) is 9.48 Å². The zero-order valence-electron chi connectivity index (χ0n) is 12.7. The number of aromatic nitrogens is 2. The fourth-order valence-corrected chi connectivity index (χ4v) is 3.42. The highest BCUT2D eigenvalue weighted by atomic mass is 32.1. The van der Waals surface area contributed by atoms with E-state index in [-0.39, 0.29) is 18.7 Å². The van der Waals surface area contributed by atoms with Crippen LogP contribution in [0, 0.1) is 0 Å². The predicted octanol–water partition coefficient (Wildman–Crippen LogP) is 2.69. The first-order valence-electron chi connectivity index (χ1n) is 7.51. The van der Waals surface area contributed by atoms with Crippen molar-refractivity contribution in [3.8, 4) is 11.5 Å². The third-order valence-corrected chi connectivity index (χ3v) is 4.78. The molecule has 0 fully saturated rings. The van der Waals surface area contributed by atoms with Crippen molar-refractivity contribution in [1.29, 1.82) is 0 Å². The molecule has 1 aromatic carbocycles. The summed E-state index contributed by atoms with van der Waals surface area (Å²) < 4.78 is 12.4. The molecule has 0 spiro atoms. The van der Waals surface area contributed by atoms with Gasteiger partial charge in [-0.15, -0.1) is 11.3 Å². The van der Waals surface area contributed by atoms with Gasteiger partial charge in [-0.25, -0.2) is 0 Å². The number of carbonyl (C=O) groups excluding carboxylic acids is 1. The van der Waals surface area contributed by atoms with Crippen molar-refractivity contribution in [2.24, 2.45) is 0 Å². The van der Waals surface area contributed by atoms with Gasteiger partial charge in [-0.1, -0.05) is 6.07 Å². The SMILES string of the molecule is O=C(NC[C@@H](c1cccs1)n1cccn1)c1ccc2c(c1)OCO2. The minimum atomic E-state index is -0.151. The minimum absolute atomic E-state index is 0.0297. The summed E-state index contributed by atoms with van der Waals surface area (Å²) in [6.07, 6.45) is 3.64. The van der Waals surface area contributed by atoms with Crippen LogP contribution in [0.5, 0.6) is 11.5 Å². The van der Waals surface area contributed by atoms with Crippen molar-refractivity contribution in [1.82, 2.24) is 15.1 Å². The monoisotopic (exact) mass is 341 g/mol. The maximum atomic E-state index is 12.5. The lowest BCUT2D eigenvalue weighted by Gasteiger charge is -2.17. The first kappa shape index (κ1) is 14.8. The molecule has 0 aliphatic carbocycles. The molecule has 1 amide bonds. The quantitative estimate of drug-likeness (QED) is 0.775. The molecule has 3 aromatic rings. The average molecular weight is 341 g/mol. The number of thiophene rings is 1. The second kappa shape index (κ2) is 6.37. The molecule has 0 radical (unpaired) electrons. The fourth-order valence-electron chi connectivity index (χ4n) is 2.60. The molecular weight excluding hydrogens is 326 g/mol. The standard InChI is InChI=1S/C17H15N3O3S/c21-17(12-4-5-14-15(9-12)23-11-22-14)18-10-13(16-3-1-8-24-16)20-7-2-6-19-20/h1-9,13H,10-11H2,(H,18,21)/t13-/m0/s1. The van der Waals surface area contributed by atoms with E-state index in [2.05, 4.69) is 10.4 Å². The molecule has 0 bridgehead atoms. The van der Waals surface area contributed by atoms with E-state index in [1.54, 1.807) is 35.7 Å². The maximum Gasteiger partial charge on any atom is 0.251 e. The van der Waals surface area contributed by atoms with Gasteiger partial charge in [0.2, 0.25) is 6.79 Å². The molecule has 0 saturated carbocycles. The summed E-state index contributed by atoms with van der Waals surface area (Å²) in [7, 11) is 0. The van der Waals surface area contributed by atoms with Crippen molar-refractivity contribution in [2.75, 3.05) is 13.3 Å². The molecule has 2 aromatic heterocycles. The Balaban J connectivity index is 1.49. The molecule has 1 aliphatic heterocycles. The van der Waals surface area contributed by atoms with Gasteiger partial charge in [-0.2, -0.15) is 5.10 Å². The zero-order valence-corrected chi connectivity index (χ0v) is 13.5. The molecule has 24 heavy (non-hydrogen) atoms. The van der Waals surface area contributed by atoms with Crippen LogP contribution in [0.4, 0.5) is 0 Å². The number of hydrogen-bond donors (Lipinski definition) is 1. The van der Waals surface area contributed by atoms with E-state index in [1.807, 2.05) is 34.5 Å². The Kier molecular flexibility index (Phi) is 3.92. The lowest BCUT2D eigenvalue weighted by molar-refractivity contribution is 0.0949. The molecule has 1 atom stereocenters. The summed E-state index contributed by atoms with van der Waals surface area (Å²) in [6.45, 7) is 0.648. The number of nitrogens with zero attached hydrogens (tertiary/aromatic N) is 2. The van der Waals surface area contributed by atoms with Crippen LogP contribution in [0.25, 0.3) is 0 Å². The van der Waals surface area contributed by atoms with Crippen molar-refractivity contribution < 1.29 is 14.3 Å². The van der Waals surface area contributed by atoms with Gasteiger partial charge in [0.15, 0.2) is 11.5 Å². The summed E-state index contributed by atoms with van der Waals surface area (Å²) in [6, 6.07) is 11.1. The number of benzene rings is 1. The smallest absolute Gasteiger partial charge is 0.251 e. The first-order chi connectivity index (χ1) is 11.8. The largest absolute Gasteiger partial charge is 0.454 e. The molecule has 1 N–H and O–H groups in total. The number of carbonyl (C=O) groups is 1. The third-order valence-electron chi connectivity index (χ3n) is 3.81. The lowest BCUT2D eigenvalue weighted by atomic mass is 10.1. The van der Waals surface area contributed by atoms with E-state index in [1.165, 1.54) is 0 Å². The van der Waals surface area contributed by atoms with E-state index in [4.69, 9.17) is 9.47 Å². The van der Waals surface area contributed by atoms with Crippen molar-refractivity contribution >= 4 is 17.2 Å². The van der Waals surface area contributed by atoms with E-state index < -0.39 is 0 Å². The Morgan fingerprint density at radius 1 is 1.29 bits per heavy atom. The van der Waals surface area contributed by atoms with Gasteiger partial charge >= 0.3 is 0 Å². The van der Waals surface area contributed by atoms with Crippen LogP contribution < -0.4 is 14.8 Å². The highest BCUT2D eigenvalue weighted by molar-refractivity contribution is 7.10. The molecule has 6 nitrogen and oxygen atoms in total. The molecule has 0 unspecified atom stereocenters. The van der Waals surface area contributed by atoms with Crippen LogP contribution in [-0.2, 0) is 0 Å². The van der Waals surface area contributed by atoms with E-state index >= 15 is 0 Å². The van der Waals surface area contributed by atoms with Crippen molar-refractivity contribution in [3.05, 3.63) is 64.6 Å². The van der Waals surface area contributed by atoms with E-state index in [9.17, 15) is 4.79 Å². The maximum absolute atomic E-state index is 12.5. The summed E-state index contributed by atoms with van der Waals surface area (Å²) in [5, 5.41) is 9.30. The molecule has 7 heteroatoms. The molecule has 122 valence electrons. The summed E-state index contributed by atoms with van der Waals surface area (Å²) in [5.41, 5.74) is 0.546. The summed E-state index contributed by atoms with van der Waals surface area (Å²) >= 11 is 1.64. The Morgan fingerprint density at radius 3 is 3.00 bits per heavy atom. The van der Waals surface area contributed by atoms with Gasteiger partial charge in [0.25, 0.3) is 5.91 Å². The molecular formula is C17H15N3O3S. The number of rotatable bonds is 5. The Morgan fingerprint density at radius 2 is 2.21 bits per heavy atom. The number of amides is 1. The molecule has 3 heterocycles. The second-order valence-electron chi connectivity index (χ2n) is 5.30. The normalized spacial score (nSPS) is 13.7. The molecule has 1 aliphatic rings. The number of fused-ring (bicyclic) bond motifs is 1. The topological polar surface area (TPSA) is 65.4 Å². The van der Waals surface area contributed by atoms with Gasteiger partial charge < -0.3 is 14.8 Å². The van der Waals surface area contributed by atoms with Crippen LogP contribution in [0.1, 0.15) is 21.3 Å². The number of hydrogen-bond acceptors (Lipinski definition) is 5.